The van der Waals surface area contributed by atoms with Crippen LogP contribution in [0.2, 0.25) is 0 Å². The van der Waals surface area contributed by atoms with Crippen molar-refractivity contribution in [2.45, 2.75) is 24.8 Å². The number of esters is 2. The predicted octanol–water partition coefficient (Wildman–Crippen LogP) is 0.949. The van der Waals surface area contributed by atoms with Gasteiger partial charge in [-0.3, -0.25) is 4.79 Å². The number of carbonyl (C=O) groups excluding carboxylic acids is 2. The molecule has 122 valence electrons. The molecule has 1 atom stereocenters. The van der Waals surface area contributed by atoms with Crippen LogP contribution in [-0.2, 0) is 24.3 Å². The second-order valence-corrected chi connectivity index (χ2v) is 6.60. The van der Waals surface area contributed by atoms with Gasteiger partial charge in [-0.05, 0) is 30.2 Å². The maximum absolute atomic E-state index is 12.3. The Hall–Kier alpha value is -1.93. The number of hydrogen-bond donors (Lipinski definition) is 1. The fraction of sp³-hybridized carbons (Fsp3) is 0.429. The number of nitrogens with one attached hydrogen (secondary N) is 1. The Morgan fingerprint density at radius 3 is 2.00 bits per heavy atom. The van der Waals surface area contributed by atoms with E-state index in [2.05, 4.69) is 14.2 Å². The van der Waals surface area contributed by atoms with E-state index in [-0.39, 0.29) is 16.4 Å². The molecular formula is C14H19NO6S. The van der Waals surface area contributed by atoms with Gasteiger partial charge in [0.05, 0.1) is 24.7 Å². The van der Waals surface area contributed by atoms with E-state index < -0.39 is 28.0 Å². The lowest BCUT2D eigenvalue weighted by molar-refractivity contribution is -0.143. The molecule has 0 heterocycles. The number of benzene rings is 1. The second kappa shape index (κ2) is 7.37. The van der Waals surface area contributed by atoms with Crippen molar-refractivity contribution >= 4 is 22.0 Å². The summed E-state index contributed by atoms with van der Waals surface area (Å²) in [5.74, 6) is -1.51. The summed E-state index contributed by atoms with van der Waals surface area (Å²) in [5, 5.41) is 0. The quantitative estimate of drug-likeness (QED) is 0.780. The zero-order valence-electron chi connectivity index (χ0n) is 12.8. The molecule has 1 aromatic carbocycles. The third-order valence-electron chi connectivity index (χ3n) is 2.99. The van der Waals surface area contributed by atoms with Crippen molar-refractivity contribution in [2.75, 3.05) is 14.2 Å². The first-order chi connectivity index (χ1) is 10.2. The monoisotopic (exact) mass is 329 g/mol. The van der Waals surface area contributed by atoms with E-state index in [4.69, 9.17) is 0 Å². The van der Waals surface area contributed by atoms with Crippen LogP contribution in [0.4, 0.5) is 0 Å². The van der Waals surface area contributed by atoms with Crippen molar-refractivity contribution in [1.82, 2.24) is 4.72 Å². The van der Waals surface area contributed by atoms with Crippen LogP contribution in [0.3, 0.4) is 0 Å². The molecule has 1 rings (SSSR count). The zero-order chi connectivity index (χ0) is 16.9. The van der Waals surface area contributed by atoms with Crippen LogP contribution in [0.25, 0.3) is 0 Å². The number of hydrogen-bond acceptors (Lipinski definition) is 6. The van der Waals surface area contributed by atoms with E-state index >= 15 is 0 Å². The Bertz CT molecular complexity index is 636. The fourth-order valence-electron chi connectivity index (χ4n) is 1.71. The smallest absolute Gasteiger partial charge is 0.337 e. The number of sulfonamides is 1. The molecule has 1 unspecified atom stereocenters. The third-order valence-corrected chi connectivity index (χ3v) is 4.45. The molecule has 1 N–H and O–H groups in total. The topological polar surface area (TPSA) is 98.8 Å². The van der Waals surface area contributed by atoms with Gasteiger partial charge in [0.2, 0.25) is 10.0 Å². The Morgan fingerprint density at radius 2 is 1.59 bits per heavy atom. The van der Waals surface area contributed by atoms with E-state index in [0.717, 1.165) is 0 Å². The summed E-state index contributed by atoms with van der Waals surface area (Å²) in [6.07, 6.45) is 0. The van der Waals surface area contributed by atoms with E-state index in [9.17, 15) is 18.0 Å². The highest BCUT2D eigenvalue weighted by Crippen LogP contribution is 2.14. The van der Waals surface area contributed by atoms with Gasteiger partial charge in [0.1, 0.15) is 6.04 Å². The van der Waals surface area contributed by atoms with Gasteiger partial charge in [-0.15, -0.1) is 0 Å². The highest BCUT2D eigenvalue weighted by atomic mass is 32.2. The molecule has 8 heteroatoms. The molecule has 0 spiro atoms. The lowest BCUT2D eigenvalue weighted by Crippen LogP contribution is -2.44. The first kappa shape index (κ1) is 18.1. The molecule has 0 aromatic heterocycles. The van der Waals surface area contributed by atoms with Gasteiger partial charge in [-0.2, -0.15) is 4.72 Å². The van der Waals surface area contributed by atoms with Gasteiger partial charge in [0.15, 0.2) is 0 Å². The average Bonchev–Trinajstić information content (AvgIpc) is 2.51. The maximum atomic E-state index is 12.3. The number of ether oxygens (including phenoxy) is 2. The molecule has 0 bridgehead atoms. The van der Waals surface area contributed by atoms with Crippen LogP contribution in [-0.4, -0.2) is 40.6 Å². The average molecular weight is 329 g/mol. The first-order valence-corrected chi connectivity index (χ1v) is 7.99. The Balaban J connectivity index is 3.03. The molecule has 0 saturated heterocycles. The molecule has 0 radical (unpaired) electrons. The van der Waals surface area contributed by atoms with Crippen molar-refractivity contribution in [3.63, 3.8) is 0 Å². The largest absolute Gasteiger partial charge is 0.468 e. The van der Waals surface area contributed by atoms with Crippen molar-refractivity contribution in [3.8, 4) is 0 Å². The van der Waals surface area contributed by atoms with Crippen LogP contribution < -0.4 is 4.72 Å². The predicted molar refractivity (Wildman–Crippen MR) is 78.7 cm³/mol. The molecule has 22 heavy (non-hydrogen) atoms. The molecule has 0 aliphatic carbocycles. The van der Waals surface area contributed by atoms with E-state index in [0.29, 0.717) is 0 Å². The molecular weight excluding hydrogens is 310 g/mol. The van der Waals surface area contributed by atoms with Crippen LogP contribution in [0.15, 0.2) is 29.2 Å². The van der Waals surface area contributed by atoms with Gasteiger partial charge >= 0.3 is 11.9 Å². The minimum Gasteiger partial charge on any atom is -0.468 e. The van der Waals surface area contributed by atoms with Gasteiger partial charge in [0.25, 0.3) is 0 Å². The summed E-state index contributed by atoms with van der Waals surface area (Å²) < 4.78 is 36.0. The molecule has 0 aliphatic heterocycles. The van der Waals surface area contributed by atoms with Gasteiger partial charge in [0, 0.05) is 0 Å². The lowest BCUT2D eigenvalue weighted by Gasteiger charge is -2.19. The highest BCUT2D eigenvalue weighted by Gasteiger charge is 2.29. The van der Waals surface area contributed by atoms with Crippen LogP contribution in [0.1, 0.15) is 24.2 Å². The van der Waals surface area contributed by atoms with E-state index in [1.807, 2.05) is 0 Å². The highest BCUT2D eigenvalue weighted by molar-refractivity contribution is 7.89. The Morgan fingerprint density at radius 1 is 1.05 bits per heavy atom. The van der Waals surface area contributed by atoms with Crippen LogP contribution in [0.5, 0.6) is 0 Å². The lowest BCUT2D eigenvalue weighted by atomic mass is 10.1. The first-order valence-electron chi connectivity index (χ1n) is 6.51. The number of rotatable bonds is 6. The molecule has 7 nitrogen and oxygen atoms in total. The summed E-state index contributed by atoms with van der Waals surface area (Å²) in [4.78, 5) is 22.9. The summed E-state index contributed by atoms with van der Waals surface area (Å²) in [6, 6.07) is 4.22. The van der Waals surface area contributed by atoms with Crippen molar-refractivity contribution < 1.29 is 27.5 Å². The van der Waals surface area contributed by atoms with Gasteiger partial charge in [-0.25, -0.2) is 13.2 Å². The fourth-order valence-corrected chi connectivity index (χ4v) is 3.04. The summed E-state index contributed by atoms with van der Waals surface area (Å²) in [6.45, 7) is 3.40. The molecule has 1 aromatic rings. The Kier molecular flexibility index (Phi) is 6.07. The molecule has 0 amide bonds. The van der Waals surface area contributed by atoms with Crippen molar-refractivity contribution in [3.05, 3.63) is 29.8 Å². The number of carbonyl (C=O) groups is 2. The number of methoxy groups -OCH3 is 2. The third kappa shape index (κ3) is 4.28. The van der Waals surface area contributed by atoms with Crippen molar-refractivity contribution in [2.24, 2.45) is 5.92 Å². The van der Waals surface area contributed by atoms with E-state index in [1.165, 1.54) is 38.5 Å². The minimum atomic E-state index is -3.91. The minimum absolute atomic E-state index is 0.0605. The summed E-state index contributed by atoms with van der Waals surface area (Å²) in [7, 11) is -1.49. The zero-order valence-corrected chi connectivity index (χ0v) is 13.6. The standard InChI is InChI=1S/C14H19NO6S/c1-9(2)12(14(17)21-4)15-22(18,19)11-7-5-10(6-8-11)13(16)20-3/h5-9,12,15H,1-4H3. The molecule has 0 fully saturated rings. The van der Waals surface area contributed by atoms with E-state index in [1.54, 1.807) is 13.8 Å². The van der Waals surface area contributed by atoms with Crippen LogP contribution in [0, 0.1) is 5.92 Å². The normalized spacial score (nSPS) is 12.8. The molecule has 0 saturated carbocycles. The van der Waals surface area contributed by atoms with Gasteiger partial charge < -0.3 is 9.47 Å². The molecule has 0 aliphatic rings. The van der Waals surface area contributed by atoms with Crippen LogP contribution >= 0.6 is 0 Å². The summed E-state index contributed by atoms with van der Waals surface area (Å²) >= 11 is 0. The SMILES string of the molecule is COC(=O)c1ccc(S(=O)(=O)NC(C(=O)OC)C(C)C)cc1. The van der Waals surface area contributed by atoms with Crippen molar-refractivity contribution in [1.29, 1.82) is 0 Å². The Labute approximate surface area is 129 Å². The second-order valence-electron chi connectivity index (χ2n) is 4.88. The maximum Gasteiger partial charge on any atom is 0.337 e. The van der Waals surface area contributed by atoms with Gasteiger partial charge in [-0.1, -0.05) is 13.8 Å². The summed E-state index contributed by atoms with van der Waals surface area (Å²) in [5.41, 5.74) is 0.231.